The van der Waals surface area contributed by atoms with E-state index in [9.17, 15) is 13.8 Å². The summed E-state index contributed by atoms with van der Waals surface area (Å²) in [5, 5.41) is -1.81. The van der Waals surface area contributed by atoms with Crippen LogP contribution in [0.5, 0.6) is 0 Å². The zero-order valence-electron chi connectivity index (χ0n) is 11.0. The van der Waals surface area contributed by atoms with Crippen LogP contribution in [-0.2, 0) is 28.5 Å². The molecular weight excluding hydrogens is 286 g/mol. The van der Waals surface area contributed by atoms with Crippen LogP contribution in [0.15, 0.2) is 36.6 Å². The van der Waals surface area contributed by atoms with Gasteiger partial charge in [-0.3, -0.25) is 9.36 Å². The molecule has 1 aromatic rings. The third kappa shape index (κ3) is 2.20. The Hall–Kier alpha value is -1.49. The van der Waals surface area contributed by atoms with Crippen LogP contribution < -0.4 is 0 Å². The second-order valence-corrected chi connectivity index (χ2v) is 6.64. The molecule has 0 saturated heterocycles. The molecule has 5 nitrogen and oxygen atoms in total. The highest BCUT2D eigenvalue weighted by atomic mass is 31.2. The molecule has 20 heavy (non-hydrogen) atoms. The molecule has 0 bridgehead atoms. The topological polar surface area (TPSA) is 61.8 Å². The predicted molar refractivity (Wildman–Crippen MR) is 69.6 cm³/mol. The van der Waals surface area contributed by atoms with Crippen molar-refractivity contribution < 1.29 is 27.5 Å². The lowest BCUT2D eigenvalue weighted by Crippen LogP contribution is -2.35. The minimum atomic E-state index is -3.91. The summed E-state index contributed by atoms with van der Waals surface area (Å²) in [5.74, 6) is -1.00. The third-order valence-corrected chi connectivity index (χ3v) is 5.50. The van der Waals surface area contributed by atoms with Crippen LogP contribution in [0.3, 0.4) is 0 Å². The molecule has 1 aliphatic rings. The number of hydrogen-bond donors (Lipinski definition) is 0. The van der Waals surface area contributed by atoms with Crippen molar-refractivity contribution >= 4 is 13.4 Å². The Kier molecular flexibility index (Phi) is 4.09. The predicted octanol–water partition coefficient (Wildman–Crippen LogP) is 2.97. The molecule has 0 amide bonds. The van der Waals surface area contributed by atoms with Crippen molar-refractivity contribution in [1.29, 1.82) is 0 Å². The fourth-order valence-electron chi connectivity index (χ4n) is 2.17. The van der Waals surface area contributed by atoms with Gasteiger partial charge in [0.2, 0.25) is 5.34 Å². The van der Waals surface area contributed by atoms with Gasteiger partial charge in [0.15, 0.2) is 5.78 Å². The molecular formula is C13H14FO5P. The molecule has 7 heteroatoms. The Labute approximate surface area is 115 Å². The van der Waals surface area contributed by atoms with Gasteiger partial charge in [0.05, 0.1) is 12.7 Å². The van der Waals surface area contributed by atoms with Crippen LogP contribution in [0.1, 0.15) is 12.0 Å². The SMILES string of the molecule is COP(=O)(OC)C1(c2ccccc2F)CC(=O)C=CO1. The average Bonchev–Trinajstić information content (AvgIpc) is 2.46. The molecule has 2 rings (SSSR count). The van der Waals surface area contributed by atoms with Crippen molar-refractivity contribution in [3.05, 3.63) is 48.0 Å². The van der Waals surface area contributed by atoms with Gasteiger partial charge in [-0.2, -0.15) is 0 Å². The summed E-state index contributed by atoms with van der Waals surface area (Å²) < 4.78 is 42.2. The Balaban J connectivity index is 2.68. The molecule has 1 heterocycles. The lowest BCUT2D eigenvalue weighted by molar-refractivity contribution is -0.120. The van der Waals surface area contributed by atoms with Gasteiger partial charge in [-0.1, -0.05) is 18.2 Å². The average molecular weight is 300 g/mol. The highest BCUT2D eigenvalue weighted by Gasteiger charge is 2.57. The Bertz CT molecular complexity index is 592. The minimum absolute atomic E-state index is 0.0373. The summed E-state index contributed by atoms with van der Waals surface area (Å²) in [5.41, 5.74) is -0.0373. The van der Waals surface area contributed by atoms with Crippen molar-refractivity contribution in [1.82, 2.24) is 0 Å². The molecule has 0 radical (unpaired) electrons. The van der Waals surface area contributed by atoms with Crippen molar-refractivity contribution in [2.75, 3.05) is 14.2 Å². The second-order valence-electron chi connectivity index (χ2n) is 4.19. The number of rotatable bonds is 4. The van der Waals surface area contributed by atoms with E-state index in [0.29, 0.717) is 0 Å². The molecule has 108 valence electrons. The lowest BCUT2D eigenvalue weighted by atomic mass is 10.0. The zero-order chi connectivity index (χ0) is 14.8. The summed E-state index contributed by atoms with van der Waals surface area (Å²) in [6.45, 7) is 0. The number of allylic oxidation sites excluding steroid dienone is 1. The fourth-order valence-corrected chi connectivity index (χ4v) is 3.93. The first-order valence-corrected chi connectivity index (χ1v) is 7.37. The molecule has 1 aromatic carbocycles. The van der Waals surface area contributed by atoms with Gasteiger partial charge in [-0.15, -0.1) is 0 Å². The van der Waals surface area contributed by atoms with E-state index in [0.717, 1.165) is 6.26 Å². The van der Waals surface area contributed by atoms with Crippen LogP contribution in [0, 0.1) is 5.82 Å². The summed E-state index contributed by atoms with van der Waals surface area (Å²) in [6.07, 6.45) is 1.95. The first-order valence-electron chi connectivity index (χ1n) is 5.83. The third-order valence-electron chi connectivity index (χ3n) is 3.15. The first kappa shape index (κ1) is 14.9. The largest absolute Gasteiger partial charge is 0.477 e. The molecule has 0 fully saturated rings. The number of carbonyl (C=O) groups excluding carboxylic acids is 1. The standard InChI is InChI=1S/C13H14FO5P/c1-17-20(16,18-2)13(9-10(15)7-8-19-13)11-5-3-4-6-12(11)14/h3-8H,9H2,1-2H3. The number of hydrogen-bond acceptors (Lipinski definition) is 5. The van der Waals surface area contributed by atoms with Crippen molar-refractivity contribution in [2.24, 2.45) is 0 Å². The van der Waals surface area contributed by atoms with Crippen molar-refractivity contribution in [2.45, 2.75) is 11.8 Å². The zero-order valence-corrected chi connectivity index (χ0v) is 11.9. The monoisotopic (exact) mass is 300 g/mol. The number of ketones is 1. The van der Waals surface area contributed by atoms with Crippen molar-refractivity contribution in [3.63, 3.8) is 0 Å². The highest BCUT2D eigenvalue weighted by molar-refractivity contribution is 7.55. The number of carbonyl (C=O) groups is 1. The smallest absolute Gasteiger partial charge is 0.378 e. The van der Waals surface area contributed by atoms with Gasteiger partial charge in [-0.25, -0.2) is 4.39 Å². The van der Waals surface area contributed by atoms with E-state index in [-0.39, 0.29) is 17.8 Å². The molecule has 0 N–H and O–H groups in total. The number of halogens is 1. The Morgan fingerprint density at radius 1 is 1.30 bits per heavy atom. The van der Waals surface area contributed by atoms with Gasteiger partial charge in [0.25, 0.3) is 0 Å². The van der Waals surface area contributed by atoms with E-state index in [1.807, 2.05) is 0 Å². The normalized spacial score (nSPS) is 22.6. The summed E-state index contributed by atoms with van der Waals surface area (Å²) >= 11 is 0. The molecule has 0 aliphatic carbocycles. The van der Waals surface area contributed by atoms with Crippen LogP contribution >= 0.6 is 7.60 Å². The fraction of sp³-hybridized carbons (Fsp3) is 0.308. The quantitative estimate of drug-likeness (QED) is 0.800. The maximum atomic E-state index is 14.1. The van der Waals surface area contributed by atoms with Gasteiger partial charge < -0.3 is 13.8 Å². The molecule has 1 atom stereocenters. The van der Waals surface area contributed by atoms with Crippen LogP contribution in [0.4, 0.5) is 4.39 Å². The molecule has 0 saturated carbocycles. The van der Waals surface area contributed by atoms with Crippen LogP contribution in [0.2, 0.25) is 0 Å². The van der Waals surface area contributed by atoms with Gasteiger partial charge in [-0.05, 0) is 6.07 Å². The Morgan fingerprint density at radius 2 is 1.95 bits per heavy atom. The molecule has 1 aliphatic heterocycles. The van der Waals surface area contributed by atoms with Crippen LogP contribution in [-0.4, -0.2) is 20.0 Å². The summed E-state index contributed by atoms with van der Waals surface area (Å²) in [6, 6.07) is 5.63. The highest BCUT2D eigenvalue weighted by Crippen LogP contribution is 2.67. The molecule has 0 aromatic heterocycles. The van der Waals surface area contributed by atoms with E-state index in [4.69, 9.17) is 13.8 Å². The van der Waals surface area contributed by atoms with E-state index >= 15 is 0 Å². The van der Waals surface area contributed by atoms with Gasteiger partial charge in [0.1, 0.15) is 5.82 Å². The first-order chi connectivity index (χ1) is 9.49. The van der Waals surface area contributed by atoms with Crippen molar-refractivity contribution in [3.8, 4) is 0 Å². The lowest BCUT2D eigenvalue weighted by Gasteiger charge is -2.38. The second kappa shape index (κ2) is 5.48. The maximum absolute atomic E-state index is 14.1. The number of benzene rings is 1. The van der Waals surface area contributed by atoms with Gasteiger partial charge >= 0.3 is 7.60 Å². The van der Waals surface area contributed by atoms with Gasteiger partial charge in [0, 0.05) is 25.9 Å². The van der Waals surface area contributed by atoms with E-state index in [2.05, 4.69) is 0 Å². The minimum Gasteiger partial charge on any atom is -0.477 e. The Morgan fingerprint density at radius 3 is 2.50 bits per heavy atom. The summed E-state index contributed by atoms with van der Waals surface area (Å²) in [4.78, 5) is 11.7. The van der Waals surface area contributed by atoms with Crippen LogP contribution in [0.25, 0.3) is 0 Å². The summed E-state index contributed by atoms with van der Waals surface area (Å²) in [7, 11) is -1.58. The molecule has 1 unspecified atom stereocenters. The maximum Gasteiger partial charge on any atom is 0.378 e. The van der Waals surface area contributed by atoms with E-state index < -0.39 is 18.8 Å². The van der Waals surface area contributed by atoms with E-state index in [1.165, 1.54) is 38.5 Å². The molecule has 0 spiro atoms. The van der Waals surface area contributed by atoms with E-state index in [1.54, 1.807) is 6.07 Å². The number of ether oxygens (including phenoxy) is 1.